The summed E-state index contributed by atoms with van der Waals surface area (Å²) in [5, 5.41) is 25.7. The van der Waals surface area contributed by atoms with Crippen LogP contribution in [0.25, 0.3) is 11.0 Å². The van der Waals surface area contributed by atoms with E-state index in [4.69, 9.17) is 5.73 Å². The van der Waals surface area contributed by atoms with Crippen LogP contribution in [0.5, 0.6) is 0 Å². The van der Waals surface area contributed by atoms with Crippen molar-refractivity contribution in [3.8, 4) is 0 Å². The number of aromatic nitrogens is 3. The third-order valence-electron chi connectivity index (χ3n) is 2.36. The fourth-order valence-electron chi connectivity index (χ4n) is 1.50. The van der Waals surface area contributed by atoms with E-state index in [1.165, 1.54) is 12.1 Å². The molecule has 0 saturated carbocycles. The molecule has 8 heteroatoms. The Morgan fingerprint density at radius 3 is 2.00 bits per heavy atom. The third-order valence-corrected chi connectivity index (χ3v) is 2.36. The number of hydrogen-bond donors (Lipinski definition) is 1. The molecular formula is C14H18N4O2SnTi. The van der Waals surface area contributed by atoms with Crippen LogP contribution in [0.3, 0.4) is 0 Å². The Labute approximate surface area is 161 Å². The van der Waals surface area contributed by atoms with E-state index in [0.29, 0.717) is 9.58 Å². The van der Waals surface area contributed by atoms with Gasteiger partial charge in [0.25, 0.3) is 5.52 Å². The van der Waals surface area contributed by atoms with Crippen LogP contribution in [-0.2, 0) is 21.7 Å². The van der Waals surface area contributed by atoms with E-state index in [0.717, 1.165) is 6.42 Å². The normalized spacial score (nSPS) is 10.5. The van der Waals surface area contributed by atoms with Gasteiger partial charge in [0, 0.05) is 56.5 Å². The molecule has 1 aromatic carbocycles. The Bertz CT molecular complexity index is 626. The van der Waals surface area contributed by atoms with E-state index in [1.54, 1.807) is 12.1 Å². The van der Waals surface area contributed by atoms with Gasteiger partial charge in [-0.3, -0.25) is 5.73 Å². The minimum atomic E-state index is -0.353. The van der Waals surface area contributed by atoms with Crippen LogP contribution < -0.4 is 15.3 Å². The summed E-state index contributed by atoms with van der Waals surface area (Å²) in [6.07, 6.45) is 9.50. The Kier molecular flexibility index (Phi) is 13.1. The van der Waals surface area contributed by atoms with E-state index in [-0.39, 0.29) is 62.6 Å². The van der Waals surface area contributed by atoms with Crippen LogP contribution >= 0.6 is 0 Å². The van der Waals surface area contributed by atoms with Gasteiger partial charge in [0.05, 0.1) is 0 Å². The van der Waals surface area contributed by atoms with E-state index >= 15 is 0 Å². The van der Waals surface area contributed by atoms with Gasteiger partial charge in [-0.05, 0) is 12.5 Å². The summed E-state index contributed by atoms with van der Waals surface area (Å²) in [6.45, 7) is 4.00. The molecule has 2 aromatic rings. The van der Waals surface area contributed by atoms with Gasteiger partial charge in [0.15, 0.2) is 5.52 Å². The fourth-order valence-corrected chi connectivity index (χ4v) is 1.50. The Morgan fingerprint density at radius 2 is 1.55 bits per heavy atom. The van der Waals surface area contributed by atoms with Gasteiger partial charge in [0.2, 0.25) is 5.10 Å². The maximum absolute atomic E-state index is 11.3. The minimum Gasteiger partial charge on any atom is -0.739 e. The largest absolute Gasteiger partial charge is 0.739 e. The zero-order valence-electron chi connectivity index (χ0n) is 12.6. The van der Waals surface area contributed by atoms with Crippen LogP contribution in [-0.4, -0.2) is 29.0 Å². The van der Waals surface area contributed by atoms with Gasteiger partial charge < -0.3 is 10.4 Å². The average Bonchev–Trinajstić information content (AvgIpc) is 3.07. The summed E-state index contributed by atoms with van der Waals surface area (Å²) in [4.78, 5) is 0.332. The van der Waals surface area contributed by atoms with Crippen molar-refractivity contribution in [2.45, 2.75) is 20.3 Å². The zero-order chi connectivity index (χ0) is 15.0. The number of hydrogen-bond acceptors (Lipinski definition) is 4. The van der Waals surface area contributed by atoms with Crippen molar-refractivity contribution in [3.05, 3.63) is 59.0 Å². The predicted octanol–water partition coefficient (Wildman–Crippen LogP) is 1.23. The van der Waals surface area contributed by atoms with E-state index in [1.807, 2.05) is 13.8 Å². The number of nitrogen functional groups attached to an aromatic ring is 1. The quantitative estimate of drug-likeness (QED) is 0.379. The SMILES string of the molecule is C1=CCC=C1.CC.Nc1n[n+]([O-])c2ccccc2[n+]1[O-].[Sn].[Ti]. The predicted molar refractivity (Wildman–Crippen MR) is 84.1 cm³/mol. The fraction of sp³-hybridized carbons (Fsp3) is 0.214. The first-order valence-electron chi connectivity index (χ1n) is 6.39. The second-order valence-electron chi connectivity index (χ2n) is 3.61. The van der Waals surface area contributed by atoms with Crippen LogP contribution in [0.2, 0.25) is 0 Å². The summed E-state index contributed by atoms with van der Waals surface area (Å²) >= 11 is 0. The number of anilines is 1. The number of rotatable bonds is 0. The number of benzene rings is 1. The number of fused-ring (bicyclic) bond motifs is 1. The van der Waals surface area contributed by atoms with Gasteiger partial charge >= 0.3 is 5.95 Å². The second kappa shape index (κ2) is 12.4. The maximum atomic E-state index is 11.3. The minimum absolute atomic E-state index is 0. The zero-order valence-corrected chi connectivity index (χ0v) is 17.0. The van der Waals surface area contributed by atoms with E-state index in [2.05, 4.69) is 29.4 Å². The molecule has 0 amide bonds. The molecular weight excluding hydrogens is 423 g/mol. The van der Waals surface area contributed by atoms with E-state index in [9.17, 15) is 10.4 Å². The molecule has 0 unspecified atom stereocenters. The molecule has 0 fully saturated rings. The summed E-state index contributed by atoms with van der Waals surface area (Å²) in [7, 11) is 0. The van der Waals surface area contributed by atoms with E-state index < -0.39 is 0 Å². The maximum Gasteiger partial charge on any atom is 0.458 e. The van der Waals surface area contributed by atoms with Gasteiger partial charge in [0.1, 0.15) is 0 Å². The molecule has 114 valence electrons. The molecule has 0 saturated heterocycles. The number of para-hydroxylation sites is 2. The Balaban J connectivity index is 0. The Hall–Kier alpha value is -1.12. The molecule has 2 N–H and O–H groups in total. The molecule has 1 heterocycles. The van der Waals surface area contributed by atoms with Crippen molar-refractivity contribution in [3.63, 3.8) is 0 Å². The van der Waals surface area contributed by atoms with Crippen molar-refractivity contribution in [2.75, 3.05) is 5.73 Å². The molecule has 3 rings (SSSR count). The summed E-state index contributed by atoms with van der Waals surface area (Å²) in [5.41, 5.74) is 5.62. The molecule has 0 bridgehead atoms. The Morgan fingerprint density at radius 1 is 1.05 bits per heavy atom. The van der Waals surface area contributed by atoms with Crippen molar-refractivity contribution >= 4 is 40.9 Å². The summed E-state index contributed by atoms with van der Waals surface area (Å²) in [5.74, 6) is -0.353. The van der Waals surface area contributed by atoms with Gasteiger partial charge in [-0.1, -0.05) is 50.3 Å². The molecule has 4 radical (unpaired) electrons. The van der Waals surface area contributed by atoms with Crippen molar-refractivity contribution in [1.82, 2.24) is 5.10 Å². The topological polar surface area (TPSA) is 92.8 Å². The number of nitrogens with zero attached hydrogens (tertiary/aromatic N) is 3. The number of nitrogens with two attached hydrogens (primary N) is 1. The molecule has 0 atom stereocenters. The van der Waals surface area contributed by atoms with Gasteiger partial charge in [-0.15, -0.1) is 0 Å². The molecule has 22 heavy (non-hydrogen) atoms. The monoisotopic (exact) mass is 442 g/mol. The molecule has 1 aliphatic rings. The first-order valence-corrected chi connectivity index (χ1v) is 6.39. The average molecular weight is 441 g/mol. The molecule has 1 aliphatic carbocycles. The molecule has 0 aliphatic heterocycles. The van der Waals surface area contributed by atoms with Crippen molar-refractivity contribution < 1.29 is 31.3 Å². The molecule has 0 spiro atoms. The van der Waals surface area contributed by atoms with Crippen LogP contribution in [0, 0.1) is 10.4 Å². The smallest absolute Gasteiger partial charge is 0.458 e. The third kappa shape index (κ3) is 6.33. The summed E-state index contributed by atoms with van der Waals surface area (Å²) < 4.78 is 0.420. The van der Waals surface area contributed by atoms with Gasteiger partial charge in [-0.25, -0.2) is 4.73 Å². The van der Waals surface area contributed by atoms with Crippen LogP contribution in [0.15, 0.2) is 48.6 Å². The van der Waals surface area contributed by atoms with Crippen LogP contribution in [0.4, 0.5) is 5.95 Å². The number of allylic oxidation sites excluding steroid dienone is 4. The second-order valence-corrected chi connectivity index (χ2v) is 3.61. The first-order chi connectivity index (χ1) is 9.70. The summed E-state index contributed by atoms with van der Waals surface area (Å²) in [6, 6.07) is 6.31. The van der Waals surface area contributed by atoms with Crippen molar-refractivity contribution in [1.29, 1.82) is 0 Å². The van der Waals surface area contributed by atoms with Gasteiger partial charge in [-0.2, -0.15) is 0 Å². The van der Waals surface area contributed by atoms with Crippen LogP contribution in [0.1, 0.15) is 20.3 Å². The standard InChI is InChI=1S/C7H6N4O2.C5H6.C2H6.Sn.Ti/c8-7-9-11(13)6-4-2-1-3-5(6)10(7)12;1-2-4-5-3-1;1-2;;/h1-4H,(H2,8,9);1-4H,5H2;1-2H3;;. The molecule has 6 nitrogen and oxygen atoms in total. The first kappa shape index (κ1) is 23.2. The molecule has 1 aromatic heterocycles. The van der Waals surface area contributed by atoms with Crippen molar-refractivity contribution in [2.24, 2.45) is 0 Å².